The molecule has 0 aliphatic carbocycles. The third-order valence-electron chi connectivity index (χ3n) is 4.63. The number of hydrogen-bond donors (Lipinski definition) is 1. The Morgan fingerprint density at radius 2 is 1.65 bits per heavy atom. The van der Waals surface area contributed by atoms with Crippen LogP contribution in [0.3, 0.4) is 0 Å². The van der Waals surface area contributed by atoms with Crippen LogP contribution < -0.4 is 10.1 Å². The number of ether oxygens (including phenoxy) is 1. The van der Waals surface area contributed by atoms with Crippen molar-refractivity contribution in [3.05, 3.63) is 75.2 Å². The van der Waals surface area contributed by atoms with Crippen LogP contribution in [0.2, 0.25) is 0 Å². The van der Waals surface area contributed by atoms with E-state index in [9.17, 15) is 4.79 Å². The molecule has 5 heteroatoms. The van der Waals surface area contributed by atoms with Crippen molar-refractivity contribution < 1.29 is 9.53 Å². The molecule has 1 N–H and O–H groups in total. The maximum atomic E-state index is 13.2. The first-order valence-corrected chi connectivity index (χ1v) is 9.46. The van der Waals surface area contributed by atoms with E-state index in [0.717, 1.165) is 38.2 Å². The highest BCUT2D eigenvalue weighted by Gasteiger charge is 2.33. The third-order valence-corrected chi connectivity index (χ3v) is 5.89. The maximum Gasteiger partial charge on any atom is 0.232 e. The Hall–Kier alpha value is -2.66. The van der Waals surface area contributed by atoms with Gasteiger partial charge in [0.2, 0.25) is 5.91 Å². The Labute approximate surface area is 156 Å². The highest BCUT2D eigenvalue weighted by Crippen LogP contribution is 2.44. The number of thiazole rings is 1. The summed E-state index contributed by atoms with van der Waals surface area (Å²) in [6.45, 7) is 5.98. The van der Waals surface area contributed by atoms with Gasteiger partial charge in [-0.15, -0.1) is 11.3 Å². The SMILES string of the molecule is Cc1nc(C)c(C(C)NC(=O)C2c3ccccc3Oc3ccccc32)s1. The molecule has 2 aromatic carbocycles. The van der Waals surface area contributed by atoms with Crippen molar-refractivity contribution in [2.24, 2.45) is 0 Å². The summed E-state index contributed by atoms with van der Waals surface area (Å²) in [7, 11) is 0. The summed E-state index contributed by atoms with van der Waals surface area (Å²) in [6.07, 6.45) is 0. The number of aromatic nitrogens is 1. The number of carbonyl (C=O) groups excluding carboxylic acids is 1. The van der Waals surface area contributed by atoms with Gasteiger partial charge >= 0.3 is 0 Å². The van der Waals surface area contributed by atoms with Gasteiger partial charge in [0.05, 0.1) is 22.7 Å². The quantitative estimate of drug-likeness (QED) is 0.721. The number of carbonyl (C=O) groups is 1. The molecule has 0 radical (unpaired) electrons. The van der Waals surface area contributed by atoms with Crippen LogP contribution >= 0.6 is 11.3 Å². The molecule has 0 spiro atoms. The fourth-order valence-corrected chi connectivity index (χ4v) is 4.43. The minimum Gasteiger partial charge on any atom is -0.457 e. The minimum atomic E-state index is -0.382. The van der Waals surface area contributed by atoms with E-state index in [1.165, 1.54) is 0 Å². The summed E-state index contributed by atoms with van der Waals surface area (Å²) in [6, 6.07) is 15.4. The van der Waals surface area contributed by atoms with Crippen LogP contribution in [0.4, 0.5) is 0 Å². The van der Waals surface area contributed by atoms with E-state index in [4.69, 9.17) is 4.74 Å². The standard InChI is InChI=1S/C21H20N2O2S/c1-12-20(26-14(3)22-12)13(2)23-21(24)19-15-8-4-6-10-17(15)25-18-11-7-5-9-16(18)19/h4-11,13,19H,1-3H3,(H,23,24). The fourth-order valence-electron chi connectivity index (χ4n) is 3.50. The molecule has 1 amide bonds. The summed E-state index contributed by atoms with van der Waals surface area (Å²) < 4.78 is 5.98. The van der Waals surface area contributed by atoms with Crippen LogP contribution in [-0.2, 0) is 4.79 Å². The zero-order valence-corrected chi connectivity index (χ0v) is 15.8. The molecule has 4 rings (SSSR count). The van der Waals surface area contributed by atoms with Crippen molar-refractivity contribution in [1.29, 1.82) is 0 Å². The molecule has 1 unspecified atom stereocenters. The van der Waals surface area contributed by atoms with Gasteiger partial charge in [-0.25, -0.2) is 4.98 Å². The van der Waals surface area contributed by atoms with Crippen LogP contribution in [0.15, 0.2) is 48.5 Å². The Bertz CT molecular complexity index is 934. The lowest BCUT2D eigenvalue weighted by molar-refractivity contribution is -0.122. The minimum absolute atomic E-state index is 0.0221. The molecule has 3 aromatic rings. The van der Waals surface area contributed by atoms with Gasteiger partial charge in [-0.2, -0.15) is 0 Å². The van der Waals surface area contributed by atoms with E-state index in [1.807, 2.05) is 69.3 Å². The van der Waals surface area contributed by atoms with Gasteiger partial charge in [-0.3, -0.25) is 4.79 Å². The van der Waals surface area contributed by atoms with E-state index in [1.54, 1.807) is 11.3 Å². The fraction of sp³-hybridized carbons (Fsp3) is 0.238. The number of nitrogens with zero attached hydrogens (tertiary/aromatic N) is 1. The highest BCUT2D eigenvalue weighted by atomic mass is 32.1. The van der Waals surface area contributed by atoms with E-state index in [0.29, 0.717) is 0 Å². The number of aryl methyl sites for hydroxylation is 2. The second-order valence-corrected chi connectivity index (χ2v) is 7.76. The third kappa shape index (κ3) is 2.88. The number of benzene rings is 2. The molecular weight excluding hydrogens is 344 g/mol. The summed E-state index contributed by atoms with van der Waals surface area (Å²) in [5.41, 5.74) is 2.77. The second-order valence-electron chi connectivity index (χ2n) is 6.52. The summed E-state index contributed by atoms with van der Waals surface area (Å²) in [5.74, 6) is 1.08. The van der Waals surface area contributed by atoms with Gasteiger partial charge in [0.15, 0.2) is 0 Å². The molecule has 1 atom stereocenters. The summed E-state index contributed by atoms with van der Waals surface area (Å²) in [4.78, 5) is 18.8. The van der Waals surface area contributed by atoms with Crippen molar-refractivity contribution in [1.82, 2.24) is 10.3 Å². The lowest BCUT2D eigenvalue weighted by atomic mass is 9.87. The topological polar surface area (TPSA) is 51.2 Å². The van der Waals surface area contributed by atoms with E-state index < -0.39 is 0 Å². The summed E-state index contributed by atoms with van der Waals surface area (Å²) >= 11 is 1.63. The van der Waals surface area contributed by atoms with Crippen molar-refractivity contribution >= 4 is 17.2 Å². The molecule has 0 bridgehead atoms. The number of nitrogens with one attached hydrogen (secondary N) is 1. The first-order chi connectivity index (χ1) is 12.5. The van der Waals surface area contributed by atoms with Crippen molar-refractivity contribution in [3.8, 4) is 11.5 Å². The van der Waals surface area contributed by atoms with Crippen molar-refractivity contribution in [3.63, 3.8) is 0 Å². The molecule has 26 heavy (non-hydrogen) atoms. The predicted octanol–water partition coefficient (Wildman–Crippen LogP) is 4.87. The van der Waals surface area contributed by atoms with E-state index >= 15 is 0 Å². The Kier molecular flexibility index (Phi) is 4.24. The lowest BCUT2D eigenvalue weighted by Gasteiger charge is -2.28. The number of fused-ring (bicyclic) bond motifs is 2. The average Bonchev–Trinajstić information content (AvgIpc) is 2.97. The Morgan fingerprint density at radius 1 is 1.08 bits per heavy atom. The average molecular weight is 364 g/mol. The molecule has 2 heterocycles. The number of hydrogen-bond acceptors (Lipinski definition) is 4. The van der Waals surface area contributed by atoms with Gasteiger partial charge in [-0.1, -0.05) is 36.4 Å². The van der Waals surface area contributed by atoms with Crippen LogP contribution in [0.1, 0.15) is 45.6 Å². The van der Waals surface area contributed by atoms with Crippen molar-refractivity contribution in [2.75, 3.05) is 0 Å². The summed E-state index contributed by atoms with van der Waals surface area (Å²) in [5, 5.41) is 4.19. The van der Waals surface area contributed by atoms with Gasteiger partial charge in [0.1, 0.15) is 11.5 Å². The van der Waals surface area contributed by atoms with Crippen LogP contribution in [-0.4, -0.2) is 10.9 Å². The number of para-hydroxylation sites is 2. The first-order valence-electron chi connectivity index (χ1n) is 8.64. The van der Waals surface area contributed by atoms with Crippen LogP contribution in [0, 0.1) is 13.8 Å². The monoisotopic (exact) mass is 364 g/mol. The molecule has 0 fully saturated rings. The zero-order valence-electron chi connectivity index (χ0n) is 14.9. The smallest absolute Gasteiger partial charge is 0.232 e. The molecule has 0 saturated carbocycles. The maximum absolute atomic E-state index is 13.2. The lowest BCUT2D eigenvalue weighted by Crippen LogP contribution is -2.33. The Balaban J connectivity index is 1.68. The zero-order chi connectivity index (χ0) is 18.3. The molecule has 1 aromatic heterocycles. The van der Waals surface area contributed by atoms with E-state index in [2.05, 4.69) is 10.3 Å². The molecule has 132 valence electrons. The van der Waals surface area contributed by atoms with Crippen LogP contribution in [0.5, 0.6) is 11.5 Å². The van der Waals surface area contributed by atoms with Gasteiger partial charge in [0, 0.05) is 16.0 Å². The normalized spacial score (nSPS) is 14.1. The largest absolute Gasteiger partial charge is 0.457 e. The van der Waals surface area contributed by atoms with Gasteiger partial charge in [-0.05, 0) is 32.9 Å². The molecule has 1 aliphatic heterocycles. The number of rotatable bonds is 3. The van der Waals surface area contributed by atoms with Gasteiger partial charge in [0.25, 0.3) is 0 Å². The Morgan fingerprint density at radius 3 is 2.19 bits per heavy atom. The first kappa shape index (κ1) is 16.8. The van der Waals surface area contributed by atoms with Gasteiger partial charge < -0.3 is 10.1 Å². The van der Waals surface area contributed by atoms with Crippen LogP contribution in [0.25, 0.3) is 0 Å². The molecule has 0 saturated heterocycles. The highest BCUT2D eigenvalue weighted by molar-refractivity contribution is 7.11. The van der Waals surface area contributed by atoms with Crippen molar-refractivity contribution in [2.45, 2.75) is 32.7 Å². The number of amides is 1. The predicted molar refractivity (Wildman–Crippen MR) is 103 cm³/mol. The van der Waals surface area contributed by atoms with E-state index in [-0.39, 0.29) is 17.9 Å². The molecular formula is C21H20N2O2S. The molecule has 1 aliphatic rings. The molecule has 4 nitrogen and oxygen atoms in total. The second kappa shape index (κ2) is 6.57.